The summed E-state index contributed by atoms with van der Waals surface area (Å²) in [4.78, 5) is 13.5. The van der Waals surface area contributed by atoms with Crippen LogP contribution in [0, 0.1) is 17.5 Å². The molecule has 0 unspecified atom stereocenters. The lowest BCUT2D eigenvalue weighted by Gasteiger charge is -2.34. The molecule has 0 atom stereocenters. The topological polar surface area (TPSA) is 66.9 Å². The molecule has 0 aromatic heterocycles. The maximum atomic E-state index is 13.3. The molecule has 2 aromatic carbocycles. The van der Waals surface area contributed by atoms with Gasteiger partial charge in [-0.05, 0) is 30.3 Å². The van der Waals surface area contributed by atoms with Crippen molar-refractivity contribution in [1.29, 1.82) is 0 Å². The maximum absolute atomic E-state index is 13.3. The van der Waals surface area contributed by atoms with E-state index in [1.807, 2.05) is 0 Å². The molecule has 0 spiro atoms. The van der Waals surface area contributed by atoms with Crippen molar-refractivity contribution in [1.82, 2.24) is 9.21 Å². The fourth-order valence-corrected chi connectivity index (χ4v) is 4.21. The Kier molecular flexibility index (Phi) is 5.90. The molecule has 1 fully saturated rings. The highest BCUT2D eigenvalue weighted by atomic mass is 32.2. The number of carbonyl (C=O) groups excluding carboxylic acids is 1. The van der Waals surface area contributed by atoms with Crippen molar-refractivity contribution in [2.45, 2.75) is 4.90 Å². The summed E-state index contributed by atoms with van der Waals surface area (Å²) >= 11 is 0. The monoisotopic (exact) mass is 414 g/mol. The third-order valence-corrected chi connectivity index (χ3v) is 6.17. The van der Waals surface area contributed by atoms with Gasteiger partial charge in [-0.25, -0.2) is 21.6 Å². The molecule has 28 heavy (non-hydrogen) atoms. The number of rotatable bonds is 5. The number of hydrogen-bond acceptors (Lipinski definition) is 4. The minimum absolute atomic E-state index is 0.0135. The quantitative estimate of drug-likeness (QED) is 0.751. The molecule has 10 heteroatoms. The van der Waals surface area contributed by atoms with Crippen molar-refractivity contribution in [3.05, 3.63) is 59.9 Å². The number of ether oxygens (including phenoxy) is 1. The van der Waals surface area contributed by atoms with Crippen molar-refractivity contribution in [3.63, 3.8) is 0 Å². The first-order valence-electron chi connectivity index (χ1n) is 8.39. The third-order valence-electron chi connectivity index (χ3n) is 4.28. The van der Waals surface area contributed by atoms with Gasteiger partial charge >= 0.3 is 0 Å². The van der Waals surface area contributed by atoms with E-state index >= 15 is 0 Å². The van der Waals surface area contributed by atoms with E-state index in [-0.39, 0.29) is 43.4 Å². The number of nitrogens with zero attached hydrogens (tertiary/aromatic N) is 2. The summed E-state index contributed by atoms with van der Waals surface area (Å²) in [6, 6.07) is 7.67. The number of hydrogen-bond donors (Lipinski definition) is 0. The van der Waals surface area contributed by atoms with E-state index in [4.69, 9.17) is 4.74 Å². The average molecular weight is 414 g/mol. The second kappa shape index (κ2) is 8.19. The molecule has 1 aliphatic heterocycles. The summed E-state index contributed by atoms with van der Waals surface area (Å²) in [5.41, 5.74) is 0. The molecule has 150 valence electrons. The molecular weight excluding hydrogens is 397 g/mol. The molecular formula is C18H17F3N2O4S. The third kappa shape index (κ3) is 4.45. The summed E-state index contributed by atoms with van der Waals surface area (Å²) in [6.45, 7) is -0.0176. The van der Waals surface area contributed by atoms with Crippen LogP contribution in [0.2, 0.25) is 0 Å². The zero-order chi connectivity index (χ0) is 20.3. The van der Waals surface area contributed by atoms with Crippen LogP contribution in [-0.2, 0) is 14.8 Å². The summed E-state index contributed by atoms with van der Waals surface area (Å²) in [5.74, 6) is -3.15. The van der Waals surface area contributed by atoms with Crippen LogP contribution in [0.1, 0.15) is 0 Å². The fourth-order valence-electron chi connectivity index (χ4n) is 2.76. The normalized spacial score (nSPS) is 15.5. The highest BCUT2D eigenvalue weighted by Crippen LogP contribution is 2.19. The summed E-state index contributed by atoms with van der Waals surface area (Å²) in [5, 5.41) is 0. The largest absolute Gasteiger partial charge is 0.484 e. The van der Waals surface area contributed by atoms with Gasteiger partial charge in [0, 0.05) is 32.2 Å². The lowest BCUT2D eigenvalue weighted by Crippen LogP contribution is -2.51. The van der Waals surface area contributed by atoms with Crippen LogP contribution < -0.4 is 4.74 Å². The second-order valence-electron chi connectivity index (χ2n) is 6.11. The van der Waals surface area contributed by atoms with Gasteiger partial charge in [0.1, 0.15) is 11.6 Å². The molecule has 1 heterocycles. The molecule has 6 nitrogen and oxygen atoms in total. The lowest BCUT2D eigenvalue weighted by molar-refractivity contribution is -0.134. The van der Waals surface area contributed by atoms with Crippen molar-refractivity contribution < 1.29 is 31.1 Å². The lowest BCUT2D eigenvalue weighted by atomic mass is 10.3. The highest BCUT2D eigenvalue weighted by Gasteiger charge is 2.30. The van der Waals surface area contributed by atoms with Gasteiger partial charge in [0.15, 0.2) is 18.2 Å². The van der Waals surface area contributed by atoms with E-state index in [0.717, 1.165) is 24.3 Å². The SMILES string of the molecule is O=C(COc1ccc(F)c(F)c1)N1CCN(S(=O)(=O)c2cccc(F)c2)CC1. The Balaban J connectivity index is 1.55. The van der Waals surface area contributed by atoms with Crippen LogP contribution in [0.4, 0.5) is 13.2 Å². The maximum Gasteiger partial charge on any atom is 0.260 e. The van der Waals surface area contributed by atoms with Crippen molar-refractivity contribution in [2.75, 3.05) is 32.8 Å². The Morgan fingerprint density at radius 2 is 1.68 bits per heavy atom. The molecule has 0 N–H and O–H groups in total. The van der Waals surface area contributed by atoms with Gasteiger partial charge in [-0.2, -0.15) is 4.31 Å². The molecule has 2 aromatic rings. The molecule has 0 aliphatic carbocycles. The van der Waals surface area contributed by atoms with Crippen molar-refractivity contribution in [2.24, 2.45) is 0 Å². The van der Waals surface area contributed by atoms with Gasteiger partial charge in [0.25, 0.3) is 5.91 Å². The van der Waals surface area contributed by atoms with Crippen molar-refractivity contribution >= 4 is 15.9 Å². The number of sulfonamides is 1. The second-order valence-corrected chi connectivity index (χ2v) is 8.04. The first-order valence-corrected chi connectivity index (χ1v) is 9.83. The number of carbonyl (C=O) groups is 1. The minimum atomic E-state index is -3.85. The Labute approximate surface area is 160 Å². The molecule has 1 aliphatic rings. The average Bonchev–Trinajstić information content (AvgIpc) is 2.68. The Hall–Kier alpha value is -2.59. The van der Waals surface area contributed by atoms with Gasteiger partial charge in [-0.1, -0.05) is 6.07 Å². The minimum Gasteiger partial charge on any atom is -0.484 e. The predicted molar refractivity (Wildman–Crippen MR) is 93.6 cm³/mol. The number of halogens is 3. The molecule has 0 radical (unpaired) electrons. The Bertz CT molecular complexity index is 977. The van der Waals surface area contributed by atoms with Gasteiger partial charge in [0.05, 0.1) is 4.90 Å². The summed E-state index contributed by atoms with van der Waals surface area (Å²) in [6.07, 6.45) is 0. The highest BCUT2D eigenvalue weighted by molar-refractivity contribution is 7.89. The van der Waals surface area contributed by atoms with E-state index < -0.39 is 33.4 Å². The zero-order valence-electron chi connectivity index (χ0n) is 14.6. The van der Waals surface area contributed by atoms with Crippen LogP contribution in [0.15, 0.2) is 47.4 Å². The molecule has 1 amide bonds. The smallest absolute Gasteiger partial charge is 0.260 e. The summed E-state index contributed by atoms with van der Waals surface area (Å²) in [7, 11) is -3.85. The van der Waals surface area contributed by atoms with Crippen molar-refractivity contribution in [3.8, 4) is 5.75 Å². The molecule has 3 rings (SSSR count). The van der Waals surface area contributed by atoms with E-state index in [0.29, 0.717) is 0 Å². The fraction of sp³-hybridized carbons (Fsp3) is 0.278. The number of benzene rings is 2. The van der Waals surface area contributed by atoms with Crippen LogP contribution >= 0.6 is 0 Å². The van der Waals surface area contributed by atoms with Gasteiger partial charge in [-0.3, -0.25) is 4.79 Å². The Morgan fingerprint density at radius 3 is 2.32 bits per heavy atom. The number of piperazine rings is 1. The summed E-state index contributed by atoms with van der Waals surface area (Å²) < 4.78 is 70.8. The van der Waals surface area contributed by atoms with Gasteiger partial charge < -0.3 is 9.64 Å². The molecule has 1 saturated heterocycles. The predicted octanol–water partition coefficient (Wildman–Crippen LogP) is 2.02. The first kappa shape index (κ1) is 20.2. The van der Waals surface area contributed by atoms with Crippen LogP contribution in [-0.4, -0.2) is 56.3 Å². The number of amides is 1. The molecule has 0 saturated carbocycles. The molecule has 0 bridgehead atoms. The zero-order valence-corrected chi connectivity index (χ0v) is 15.5. The van der Waals surface area contributed by atoms with E-state index in [1.54, 1.807) is 0 Å². The van der Waals surface area contributed by atoms with Crippen LogP contribution in [0.25, 0.3) is 0 Å². The van der Waals surface area contributed by atoms with E-state index in [9.17, 15) is 26.4 Å². The van der Waals surface area contributed by atoms with E-state index in [2.05, 4.69) is 0 Å². The van der Waals surface area contributed by atoms with Crippen LogP contribution in [0.5, 0.6) is 5.75 Å². The van der Waals surface area contributed by atoms with Gasteiger partial charge in [0.2, 0.25) is 10.0 Å². The van der Waals surface area contributed by atoms with Gasteiger partial charge in [-0.15, -0.1) is 0 Å². The first-order chi connectivity index (χ1) is 13.3. The standard InChI is InChI=1S/C18H17F3N2O4S/c19-13-2-1-3-15(10-13)28(25,26)23-8-6-22(7-9-23)18(24)12-27-14-4-5-16(20)17(21)11-14/h1-5,10-11H,6-9,12H2. The van der Waals surface area contributed by atoms with E-state index in [1.165, 1.54) is 27.4 Å². The Morgan fingerprint density at radius 1 is 0.964 bits per heavy atom. The van der Waals surface area contributed by atoms with Crippen LogP contribution in [0.3, 0.4) is 0 Å².